The summed E-state index contributed by atoms with van der Waals surface area (Å²) in [6, 6.07) is 5.89. The highest BCUT2D eigenvalue weighted by molar-refractivity contribution is 5.94. The molecule has 0 fully saturated rings. The maximum atomic E-state index is 13.5. The number of ether oxygens (including phenoxy) is 9. The summed E-state index contributed by atoms with van der Waals surface area (Å²) in [5, 5.41) is 10.9. The zero-order chi connectivity index (χ0) is 48.1. The van der Waals surface area contributed by atoms with Crippen molar-refractivity contribution in [3.05, 3.63) is 52.6 Å². The number of hydrogen-bond donors (Lipinski definition) is 1. The van der Waals surface area contributed by atoms with Crippen LogP contribution in [-0.2, 0) is 44.8 Å². The zero-order valence-electron chi connectivity index (χ0n) is 37.2. The third-order valence-corrected chi connectivity index (χ3v) is 9.48. The van der Waals surface area contributed by atoms with Gasteiger partial charge in [-0.25, -0.2) is 4.79 Å². The number of carboxylic acids is 1. The Morgan fingerprint density at radius 1 is 0.477 bits per heavy atom. The molecule has 0 amide bonds. The Morgan fingerprint density at radius 2 is 0.862 bits per heavy atom. The van der Waals surface area contributed by atoms with Gasteiger partial charge in [-0.05, 0) is 24.6 Å². The van der Waals surface area contributed by atoms with E-state index in [0.717, 1.165) is 6.07 Å². The van der Waals surface area contributed by atoms with Crippen LogP contribution >= 0.6 is 0 Å². The van der Waals surface area contributed by atoms with Gasteiger partial charge in [0.05, 0.1) is 5.56 Å². The predicted molar refractivity (Wildman–Crippen MR) is 224 cm³/mol. The number of hydrogen-bond acceptors (Lipinski definition) is 18. The lowest BCUT2D eigenvalue weighted by molar-refractivity contribution is -0.137. The van der Waals surface area contributed by atoms with Crippen molar-refractivity contribution in [1.82, 2.24) is 0 Å². The molecule has 0 radical (unpaired) electrons. The molecule has 19 heteroatoms. The summed E-state index contributed by atoms with van der Waals surface area (Å²) < 4.78 is 51.6. The summed E-state index contributed by atoms with van der Waals surface area (Å²) in [5.41, 5.74) is -0.966. The molecule has 65 heavy (non-hydrogen) atoms. The standard InChI is InChI=1S/C46H50O19/c1-9-33(47)57-24-19-28(58-34(48)10-2)25-21-26(41-27(46(55)56)22-32(61-37(51)13-5)44(64-39(53)15-7)45(41)65-40(54)16-8)42(62-29(25)20-24)23-17-30(59-35(49)11-3)43(63-38(52)14-6)31(18-23)60-36(50)12-4/h17-20,22,26,42H,9-16,21H2,1-8H3,(H,55,56)/t26-,42+/m1/s1. The van der Waals surface area contributed by atoms with Gasteiger partial charge in [0.1, 0.15) is 23.4 Å². The average Bonchev–Trinajstić information content (AvgIpc) is 3.29. The number of carboxylic acid groups (broad SMARTS) is 1. The Labute approximate surface area is 373 Å². The summed E-state index contributed by atoms with van der Waals surface area (Å²) in [4.78, 5) is 117. The van der Waals surface area contributed by atoms with Crippen LogP contribution in [0.2, 0.25) is 0 Å². The lowest BCUT2D eigenvalue weighted by Gasteiger charge is -2.37. The van der Waals surface area contributed by atoms with E-state index in [2.05, 4.69) is 0 Å². The monoisotopic (exact) mass is 906 g/mol. The summed E-state index contributed by atoms with van der Waals surface area (Å²) in [6.45, 7) is 11.9. The lowest BCUT2D eigenvalue weighted by atomic mass is 9.79. The number of benzene rings is 3. The minimum Gasteiger partial charge on any atom is -0.485 e. The Kier molecular flexibility index (Phi) is 17.7. The molecule has 3 aromatic carbocycles. The zero-order valence-corrected chi connectivity index (χ0v) is 37.2. The summed E-state index contributed by atoms with van der Waals surface area (Å²) >= 11 is 0. The highest BCUT2D eigenvalue weighted by atomic mass is 16.6. The third-order valence-electron chi connectivity index (χ3n) is 9.48. The largest absolute Gasteiger partial charge is 0.485 e. The molecule has 0 saturated heterocycles. The van der Waals surface area contributed by atoms with Crippen molar-refractivity contribution in [2.45, 2.75) is 125 Å². The van der Waals surface area contributed by atoms with Gasteiger partial charge in [-0.2, -0.15) is 0 Å². The van der Waals surface area contributed by atoms with E-state index in [9.17, 15) is 48.3 Å². The number of carbonyl (C=O) groups is 9. The fraction of sp³-hybridized carbons (Fsp3) is 0.413. The van der Waals surface area contributed by atoms with Crippen LogP contribution in [0.25, 0.3) is 0 Å². The van der Waals surface area contributed by atoms with Gasteiger partial charge in [-0.15, -0.1) is 0 Å². The van der Waals surface area contributed by atoms with E-state index in [4.69, 9.17) is 42.6 Å². The molecule has 0 saturated carbocycles. The maximum absolute atomic E-state index is 13.5. The van der Waals surface area contributed by atoms with Gasteiger partial charge in [-0.3, -0.25) is 38.4 Å². The molecule has 3 aromatic rings. The first-order valence-corrected chi connectivity index (χ1v) is 21.1. The SMILES string of the molecule is CCC(=O)Oc1cc(OC(=O)CC)c2c(c1)O[C@@H](c1cc(OC(=O)CC)c(OC(=O)CC)c(OC(=O)CC)c1)[C@@H](c1c(C(=O)O)cc(OC(=O)CC)c(OC(=O)CC)c1OC(=O)CC)C2. The average molecular weight is 907 g/mol. The van der Waals surface area contributed by atoms with Gasteiger partial charge < -0.3 is 47.7 Å². The summed E-state index contributed by atoms with van der Waals surface area (Å²) in [5.74, 6) is -13.3. The van der Waals surface area contributed by atoms with Gasteiger partial charge in [0.15, 0.2) is 23.0 Å². The van der Waals surface area contributed by atoms with Crippen molar-refractivity contribution in [3.63, 3.8) is 0 Å². The van der Waals surface area contributed by atoms with Gasteiger partial charge in [0.2, 0.25) is 11.5 Å². The molecular formula is C46H50O19. The fourth-order valence-corrected chi connectivity index (χ4v) is 6.16. The first-order chi connectivity index (χ1) is 30.9. The van der Waals surface area contributed by atoms with Gasteiger partial charge in [0.25, 0.3) is 0 Å². The van der Waals surface area contributed by atoms with Gasteiger partial charge >= 0.3 is 53.7 Å². The second-order valence-corrected chi connectivity index (χ2v) is 14.0. The molecule has 19 nitrogen and oxygen atoms in total. The van der Waals surface area contributed by atoms with Crippen LogP contribution in [-0.4, -0.2) is 58.8 Å². The predicted octanol–water partition coefficient (Wildman–Crippen LogP) is 7.37. The molecule has 1 aliphatic heterocycles. The number of fused-ring (bicyclic) bond motifs is 1. The topological polar surface area (TPSA) is 257 Å². The maximum Gasteiger partial charge on any atom is 0.336 e. The van der Waals surface area contributed by atoms with Crippen molar-refractivity contribution < 1.29 is 90.9 Å². The van der Waals surface area contributed by atoms with Crippen molar-refractivity contribution in [2.24, 2.45) is 0 Å². The molecule has 4 rings (SSSR count). The number of esters is 8. The van der Waals surface area contributed by atoms with Crippen LogP contribution in [0.3, 0.4) is 0 Å². The van der Waals surface area contributed by atoms with E-state index in [-0.39, 0.29) is 91.7 Å². The van der Waals surface area contributed by atoms with E-state index in [1.807, 2.05) is 0 Å². The second kappa shape index (κ2) is 22.9. The van der Waals surface area contributed by atoms with Crippen LogP contribution in [0.5, 0.6) is 51.7 Å². The molecule has 1 N–H and O–H groups in total. The van der Waals surface area contributed by atoms with Crippen LogP contribution in [0.4, 0.5) is 0 Å². The van der Waals surface area contributed by atoms with Gasteiger partial charge in [-0.1, -0.05) is 55.4 Å². The van der Waals surface area contributed by atoms with E-state index < -0.39 is 106 Å². The normalized spacial score (nSPS) is 13.8. The molecule has 348 valence electrons. The third kappa shape index (κ3) is 12.5. The number of aromatic carboxylic acids is 1. The number of carbonyl (C=O) groups excluding carboxylic acids is 8. The minimum absolute atomic E-state index is 0.0458. The lowest BCUT2D eigenvalue weighted by Crippen LogP contribution is -2.28. The fourth-order valence-electron chi connectivity index (χ4n) is 6.16. The molecule has 0 aromatic heterocycles. The van der Waals surface area contributed by atoms with E-state index >= 15 is 0 Å². The van der Waals surface area contributed by atoms with Gasteiger partial charge in [0, 0.05) is 86.1 Å². The number of rotatable bonds is 19. The van der Waals surface area contributed by atoms with Crippen LogP contribution in [0.15, 0.2) is 30.3 Å². The molecular weight excluding hydrogens is 856 g/mol. The molecule has 0 unspecified atom stereocenters. The first kappa shape index (κ1) is 50.3. The Morgan fingerprint density at radius 3 is 1.31 bits per heavy atom. The smallest absolute Gasteiger partial charge is 0.336 e. The van der Waals surface area contributed by atoms with E-state index in [1.165, 1.54) is 72.7 Å². The highest BCUT2D eigenvalue weighted by Crippen LogP contribution is 2.56. The Balaban J connectivity index is 2.28. The minimum atomic E-state index is -1.66. The second-order valence-electron chi connectivity index (χ2n) is 14.0. The van der Waals surface area contributed by atoms with Crippen molar-refractivity contribution in [1.29, 1.82) is 0 Å². The van der Waals surface area contributed by atoms with Crippen molar-refractivity contribution >= 4 is 53.7 Å². The first-order valence-electron chi connectivity index (χ1n) is 21.1. The molecule has 0 spiro atoms. The van der Waals surface area contributed by atoms with Crippen LogP contribution in [0, 0.1) is 0 Å². The molecule has 0 aliphatic carbocycles. The quantitative estimate of drug-likeness (QED) is 0.0909. The Bertz CT molecular complexity index is 2340. The van der Waals surface area contributed by atoms with Crippen LogP contribution < -0.4 is 42.6 Å². The highest BCUT2D eigenvalue weighted by Gasteiger charge is 2.43. The van der Waals surface area contributed by atoms with E-state index in [0.29, 0.717) is 0 Å². The molecule has 2 atom stereocenters. The molecule has 1 aliphatic rings. The summed E-state index contributed by atoms with van der Waals surface area (Å²) in [7, 11) is 0. The Hall–Kier alpha value is -7.31. The van der Waals surface area contributed by atoms with Crippen LogP contribution in [0.1, 0.15) is 146 Å². The van der Waals surface area contributed by atoms with Crippen molar-refractivity contribution in [2.75, 3.05) is 0 Å². The van der Waals surface area contributed by atoms with Crippen molar-refractivity contribution in [3.8, 4) is 51.7 Å². The summed E-state index contributed by atoms with van der Waals surface area (Å²) in [6.07, 6.45) is -3.34. The molecule has 1 heterocycles. The molecule has 0 bridgehead atoms. The van der Waals surface area contributed by atoms with E-state index in [1.54, 1.807) is 6.92 Å².